The molecular formula is C58H114O7. The summed E-state index contributed by atoms with van der Waals surface area (Å²) >= 11 is 0. The molecule has 0 N–H and O–H groups in total. The van der Waals surface area contributed by atoms with Crippen LogP contribution in [0.3, 0.4) is 0 Å². The summed E-state index contributed by atoms with van der Waals surface area (Å²) in [5.74, 6) is 0. The van der Waals surface area contributed by atoms with E-state index in [2.05, 4.69) is 65.8 Å². The molecule has 2 unspecified atom stereocenters. The van der Waals surface area contributed by atoms with Crippen molar-refractivity contribution < 1.29 is 33.2 Å². The van der Waals surface area contributed by atoms with Crippen LogP contribution in [0.5, 0.6) is 0 Å². The van der Waals surface area contributed by atoms with Crippen molar-refractivity contribution in [1.82, 2.24) is 0 Å². The van der Waals surface area contributed by atoms with Crippen LogP contribution in [-0.2, 0) is 33.2 Å². The average Bonchev–Trinajstić information content (AvgIpc) is 3.32. The van der Waals surface area contributed by atoms with Crippen molar-refractivity contribution >= 4 is 0 Å². The normalized spacial score (nSPS) is 13.2. The number of allylic oxidation sites excluding steroid dienone is 2. The van der Waals surface area contributed by atoms with Gasteiger partial charge in [-0.3, -0.25) is 0 Å². The van der Waals surface area contributed by atoms with Gasteiger partial charge < -0.3 is 33.2 Å². The van der Waals surface area contributed by atoms with E-state index in [-0.39, 0.29) is 25.2 Å². The molecule has 2 atom stereocenters. The summed E-state index contributed by atoms with van der Waals surface area (Å²) in [7, 11) is 0. The highest BCUT2D eigenvalue weighted by atomic mass is 16.8. The second-order valence-electron chi connectivity index (χ2n) is 18.9. The molecule has 7 heteroatoms. The van der Waals surface area contributed by atoms with Crippen LogP contribution in [0.1, 0.15) is 286 Å². The predicted octanol–water partition coefficient (Wildman–Crippen LogP) is 18.5. The first-order valence-electron chi connectivity index (χ1n) is 28.8. The number of rotatable bonds is 56. The van der Waals surface area contributed by atoms with Gasteiger partial charge in [-0.05, 0) is 102 Å². The van der Waals surface area contributed by atoms with E-state index in [9.17, 15) is 0 Å². The fourth-order valence-corrected chi connectivity index (χ4v) is 8.04. The molecule has 0 aliphatic heterocycles. The Hall–Kier alpha value is -0.800. The van der Waals surface area contributed by atoms with Crippen LogP contribution < -0.4 is 0 Å². The van der Waals surface area contributed by atoms with Crippen molar-refractivity contribution in [3.05, 3.63) is 24.3 Å². The van der Waals surface area contributed by atoms with Crippen LogP contribution in [0.2, 0.25) is 0 Å². The Morgan fingerprint density at radius 3 is 0.846 bits per heavy atom. The van der Waals surface area contributed by atoms with Gasteiger partial charge in [-0.25, -0.2) is 0 Å². The SMILES string of the molecule is CCCCCCCCCCOC(C=CCCCCCCCCCC(OCCC)OCCC)OC(C=CCCCCCCCCCC(OCCC)OCCC)OCCCCCCCCCC. The summed E-state index contributed by atoms with van der Waals surface area (Å²) < 4.78 is 43.2. The van der Waals surface area contributed by atoms with Gasteiger partial charge in [0.1, 0.15) is 0 Å². The van der Waals surface area contributed by atoms with Gasteiger partial charge >= 0.3 is 0 Å². The summed E-state index contributed by atoms with van der Waals surface area (Å²) in [6.45, 7) is 17.8. The molecule has 0 aromatic heterocycles. The summed E-state index contributed by atoms with van der Waals surface area (Å²) in [5.41, 5.74) is 0. The topological polar surface area (TPSA) is 64.6 Å². The molecule has 0 saturated carbocycles. The van der Waals surface area contributed by atoms with Crippen LogP contribution in [0.15, 0.2) is 24.3 Å². The molecule has 65 heavy (non-hydrogen) atoms. The maximum Gasteiger partial charge on any atom is 0.180 e. The predicted molar refractivity (Wildman–Crippen MR) is 280 cm³/mol. The Balaban J connectivity index is 5.03. The van der Waals surface area contributed by atoms with E-state index in [4.69, 9.17) is 33.2 Å². The Labute approximate surface area is 406 Å². The van der Waals surface area contributed by atoms with E-state index >= 15 is 0 Å². The van der Waals surface area contributed by atoms with Crippen molar-refractivity contribution in [2.45, 2.75) is 311 Å². The number of hydrogen-bond donors (Lipinski definition) is 0. The summed E-state index contributed by atoms with van der Waals surface area (Å²) in [5, 5.41) is 0. The van der Waals surface area contributed by atoms with Gasteiger partial charge in [-0.1, -0.05) is 208 Å². The van der Waals surface area contributed by atoms with Crippen molar-refractivity contribution in [2.24, 2.45) is 0 Å². The third-order valence-corrected chi connectivity index (χ3v) is 12.1. The second kappa shape index (κ2) is 55.8. The minimum absolute atomic E-state index is 0.0195. The van der Waals surface area contributed by atoms with Gasteiger partial charge in [0.15, 0.2) is 25.2 Å². The van der Waals surface area contributed by atoms with E-state index < -0.39 is 0 Å². The van der Waals surface area contributed by atoms with E-state index in [0.717, 1.165) is 104 Å². The lowest BCUT2D eigenvalue weighted by Gasteiger charge is -2.22. The molecular weight excluding hydrogens is 809 g/mol. The first kappa shape index (κ1) is 64.2. The van der Waals surface area contributed by atoms with Gasteiger partial charge in [0.2, 0.25) is 0 Å². The lowest BCUT2D eigenvalue weighted by molar-refractivity contribution is -0.208. The van der Waals surface area contributed by atoms with Gasteiger partial charge in [-0.2, -0.15) is 0 Å². The standard InChI is InChI=1S/C58H114O7/c1-7-13-15-17-19-31-37-43-53-63-57(47-41-35-29-25-21-23-27-33-39-45-55(59-49-9-3)60-50-10-4)65-58(64-54-44-38-32-20-18-16-14-8-2)48-42-36-30-26-22-24-28-34-40-46-56(61-51-11-5)62-52-12-6/h41-42,47-48,55-58H,7-40,43-46,49-54H2,1-6H3. The lowest BCUT2D eigenvalue weighted by atomic mass is 10.1. The van der Waals surface area contributed by atoms with Gasteiger partial charge in [0, 0.05) is 26.4 Å². The molecule has 0 bridgehead atoms. The smallest absolute Gasteiger partial charge is 0.180 e. The molecule has 0 aromatic carbocycles. The maximum absolute atomic E-state index is 6.63. The molecule has 0 aliphatic carbocycles. The summed E-state index contributed by atoms with van der Waals surface area (Å²) in [6, 6.07) is 0. The van der Waals surface area contributed by atoms with Crippen LogP contribution in [0, 0.1) is 0 Å². The largest absolute Gasteiger partial charge is 0.353 e. The highest BCUT2D eigenvalue weighted by Gasteiger charge is 2.14. The van der Waals surface area contributed by atoms with Crippen LogP contribution >= 0.6 is 0 Å². The minimum atomic E-state index is -0.383. The molecule has 0 rings (SSSR count). The molecule has 388 valence electrons. The second-order valence-corrected chi connectivity index (χ2v) is 18.9. The lowest BCUT2D eigenvalue weighted by Crippen LogP contribution is -2.25. The monoisotopic (exact) mass is 923 g/mol. The van der Waals surface area contributed by atoms with Crippen molar-refractivity contribution in [3.63, 3.8) is 0 Å². The number of ether oxygens (including phenoxy) is 7. The zero-order valence-corrected chi connectivity index (χ0v) is 44.6. The molecule has 0 saturated heterocycles. The first-order valence-corrected chi connectivity index (χ1v) is 28.8. The van der Waals surface area contributed by atoms with Gasteiger partial charge in [0.25, 0.3) is 0 Å². The van der Waals surface area contributed by atoms with Crippen LogP contribution in [0.4, 0.5) is 0 Å². The Morgan fingerprint density at radius 1 is 0.262 bits per heavy atom. The molecule has 0 radical (unpaired) electrons. The average molecular weight is 924 g/mol. The fraction of sp³-hybridized carbons (Fsp3) is 0.931. The molecule has 0 aromatic rings. The number of unbranched alkanes of at least 4 members (excludes halogenated alkanes) is 28. The Kier molecular flexibility index (Phi) is 55.1. The van der Waals surface area contributed by atoms with E-state index in [1.165, 1.54) is 180 Å². The van der Waals surface area contributed by atoms with Crippen molar-refractivity contribution in [3.8, 4) is 0 Å². The molecule has 0 spiro atoms. The first-order chi connectivity index (χ1) is 32.1. The Bertz CT molecular complexity index is 840. The van der Waals surface area contributed by atoms with Crippen molar-refractivity contribution in [2.75, 3.05) is 39.6 Å². The zero-order chi connectivity index (χ0) is 47.2. The molecule has 0 amide bonds. The number of hydrogen-bond acceptors (Lipinski definition) is 7. The molecule has 7 nitrogen and oxygen atoms in total. The fourth-order valence-electron chi connectivity index (χ4n) is 8.04. The highest BCUT2D eigenvalue weighted by molar-refractivity contribution is 4.90. The van der Waals surface area contributed by atoms with E-state index in [0.29, 0.717) is 0 Å². The summed E-state index contributed by atoms with van der Waals surface area (Å²) in [6.07, 6.45) is 54.8. The minimum Gasteiger partial charge on any atom is -0.353 e. The molecule has 0 heterocycles. The maximum atomic E-state index is 6.63. The molecule has 0 fully saturated rings. The van der Waals surface area contributed by atoms with E-state index in [1.807, 2.05) is 0 Å². The molecule has 0 aliphatic rings. The van der Waals surface area contributed by atoms with E-state index in [1.54, 1.807) is 0 Å². The third-order valence-electron chi connectivity index (χ3n) is 12.1. The van der Waals surface area contributed by atoms with Gasteiger partial charge in [-0.15, -0.1) is 0 Å². The third kappa shape index (κ3) is 49.4. The Morgan fingerprint density at radius 2 is 0.538 bits per heavy atom. The summed E-state index contributed by atoms with van der Waals surface area (Å²) in [4.78, 5) is 0. The van der Waals surface area contributed by atoms with Crippen LogP contribution in [0.25, 0.3) is 0 Å². The van der Waals surface area contributed by atoms with Crippen LogP contribution in [-0.4, -0.2) is 64.8 Å². The zero-order valence-electron chi connectivity index (χ0n) is 44.6. The quantitative estimate of drug-likeness (QED) is 0.0342. The highest BCUT2D eigenvalue weighted by Crippen LogP contribution is 2.18. The van der Waals surface area contributed by atoms with Crippen molar-refractivity contribution in [1.29, 1.82) is 0 Å². The van der Waals surface area contributed by atoms with Gasteiger partial charge in [0.05, 0.1) is 13.2 Å².